The van der Waals surface area contributed by atoms with E-state index in [0.29, 0.717) is 47.4 Å². The first-order valence-electron chi connectivity index (χ1n) is 15.4. The number of amides is 2. The Bertz CT molecular complexity index is 1370. The van der Waals surface area contributed by atoms with Crippen LogP contribution in [0.2, 0.25) is 5.02 Å². The molecule has 1 saturated heterocycles. The summed E-state index contributed by atoms with van der Waals surface area (Å²) in [4.78, 5) is 42.4. The number of anilines is 2. The molecule has 2 aromatic rings. The number of amidine groups is 1. The number of likely N-dealkylation sites (tertiary alicyclic amines) is 1. The van der Waals surface area contributed by atoms with Crippen molar-refractivity contribution >= 4 is 46.8 Å². The van der Waals surface area contributed by atoms with Crippen LogP contribution < -0.4 is 15.5 Å². The minimum absolute atomic E-state index is 0.113. The molecule has 0 bridgehead atoms. The van der Waals surface area contributed by atoms with Gasteiger partial charge in [0.15, 0.2) is 0 Å². The van der Waals surface area contributed by atoms with Gasteiger partial charge in [-0.2, -0.15) is 0 Å². The molecule has 2 unspecified atom stereocenters. The van der Waals surface area contributed by atoms with E-state index >= 15 is 0 Å². The molecule has 0 spiro atoms. The van der Waals surface area contributed by atoms with E-state index in [1.165, 1.54) is 0 Å². The average Bonchev–Trinajstić information content (AvgIpc) is 2.91. The third kappa shape index (κ3) is 11.3. The van der Waals surface area contributed by atoms with Crippen LogP contribution in [0, 0.1) is 5.41 Å². The Kier molecular flexibility index (Phi) is 12.0. The van der Waals surface area contributed by atoms with Crippen molar-refractivity contribution in [2.45, 2.75) is 97.4 Å². The fourth-order valence-electron chi connectivity index (χ4n) is 5.39. The zero-order valence-corrected chi connectivity index (χ0v) is 28.5. The summed E-state index contributed by atoms with van der Waals surface area (Å²) >= 11 is 6.34. The summed E-state index contributed by atoms with van der Waals surface area (Å²) in [6.07, 6.45) is 2.76. The quantitative estimate of drug-likeness (QED) is 0.155. The van der Waals surface area contributed by atoms with Crippen LogP contribution in [0.5, 0.6) is 0 Å². The number of nitrogens with one attached hydrogen (secondary N) is 3. The molecule has 0 saturated carbocycles. The molecule has 2 atom stereocenters. The minimum atomic E-state index is -0.712. The summed E-state index contributed by atoms with van der Waals surface area (Å²) in [6, 6.07) is 12.4. The number of ether oxygens (including phenoxy) is 2. The maximum atomic E-state index is 13.5. The van der Waals surface area contributed by atoms with Crippen molar-refractivity contribution in [3.8, 4) is 0 Å². The second-order valence-corrected chi connectivity index (χ2v) is 14.0. The molecule has 1 fully saturated rings. The second kappa shape index (κ2) is 15.1. The molecule has 2 amide bonds. The Labute approximate surface area is 272 Å². The van der Waals surface area contributed by atoms with Crippen molar-refractivity contribution in [1.82, 2.24) is 10.2 Å². The van der Waals surface area contributed by atoms with E-state index in [2.05, 4.69) is 27.4 Å². The highest BCUT2D eigenvalue weighted by Crippen LogP contribution is 2.29. The maximum Gasteiger partial charge on any atom is 0.413 e. The first kappa shape index (κ1) is 35.8. The molecule has 10 nitrogen and oxygen atoms in total. The summed E-state index contributed by atoms with van der Waals surface area (Å²) in [5, 5.41) is 14.0. The Morgan fingerprint density at radius 1 is 1.00 bits per heavy atom. The molecule has 3 N–H and O–H groups in total. The second-order valence-electron chi connectivity index (χ2n) is 13.6. The molecule has 3 rings (SSSR count). The van der Waals surface area contributed by atoms with Gasteiger partial charge in [-0.05, 0) is 104 Å². The minimum Gasteiger partial charge on any atom is -0.460 e. The highest BCUT2D eigenvalue weighted by atomic mass is 35.5. The van der Waals surface area contributed by atoms with Gasteiger partial charge in [0.05, 0.1) is 12.0 Å². The predicted molar refractivity (Wildman–Crippen MR) is 180 cm³/mol. The fourth-order valence-corrected chi connectivity index (χ4v) is 5.56. The number of piperidine rings is 1. The topological polar surface area (TPSA) is 124 Å². The number of carbonyl (C=O) groups excluding carboxylic acids is 3. The van der Waals surface area contributed by atoms with Crippen molar-refractivity contribution in [1.29, 1.82) is 5.41 Å². The number of alkyl carbamates (subject to hydrolysis) is 1. The van der Waals surface area contributed by atoms with E-state index in [0.717, 1.165) is 24.9 Å². The lowest BCUT2D eigenvalue weighted by atomic mass is 9.95. The van der Waals surface area contributed by atoms with Crippen LogP contribution in [0.4, 0.5) is 16.2 Å². The molecule has 246 valence electrons. The number of esters is 1. The monoisotopic (exact) mass is 641 g/mol. The largest absolute Gasteiger partial charge is 0.460 e. The number of halogens is 1. The van der Waals surface area contributed by atoms with E-state index in [4.69, 9.17) is 26.5 Å². The summed E-state index contributed by atoms with van der Waals surface area (Å²) in [7, 11) is 1.96. The third-order valence-electron chi connectivity index (χ3n) is 7.35. The number of rotatable bonds is 9. The standard InChI is InChI=1S/C34H48ClN5O5/c1-22-10-9-11-26(40(22)19-18-29(41)44-33(2,3)4)21-39(8)28-17-14-24(35)20-27(28)31(42)37-25-15-12-23(13-16-25)30(36)38-32(43)45-34(5,6)7/h12-17,20,22,26H,9-11,18-19,21H2,1-8H3,(H,37,42)(H2,36,38,43). The molecule has 0 aliphatic carbocycles. The third-order valence-corrected chi connectivity index (χ3v) is 7.58. The average molecular weight is 642 g/mol. The number of hydrogen-bond donors (Lipinski definition) is 3. The molecular formula is C34H48ClN5O5. The zero-order chi connectivity index (χ0) is 33.5. The lowest BCUT2D eigenvalue weighted by Gasteiger charge is -2.42. The molecule has 1 heterocycles. The molecule has 0 aromatic heterocycles. The Balaban J connectivity index is 1.69. The van der Waals surface area contributed by atoms with E-state index in [-0.39, 0.29) is 23.8 Å². The Hall–Kier alpha value is -3.63. The summed E-state index contributed by atoms with van der Waals surface area (Å²) in [6.45, 7) is 14.3. The normalized spacial score (nSPS) is 17.3. The SMILES string of the molecule is CC1CCCC(CN(C)c2ccc(Cl)cc2C(=O)Nc2ccc(C(=N)NC(=O)OC(C)(C)C)cc2)N1CCC(=O)OC(C)(C)C. The number of carbonyl (C=O) groups is 3. The summed E-state index contributed by atoms with van der Waals surface area (Å²) in [5.74, 6) is -0.640. The van der Waals surface area contributed by atoms with Crippen molar-refractivity contribution in [2.75, 3.05) is 30.4 Å². The van der Waals surface area contributed by atoms with Gasteiger partial charge >= 0.3 is 12.1 Å². The van der Waals surface area contributed by atoms with Crippen LogP contribution in [0.3, 0.4) is 0 Å². The van der Waals surface area contributed by atoms with Gasteiger partial charge in [-0.3, -0.25) is 25.2 Å². The highest BCUT2D eigenvalue weighted by Gasteiger charge is 2.30. The molecular weight excluding hydrogens is 594 g/mol. The van der Waals surface area contributed by atoms with Gasteiger partial charge in [0.2, 0.25) is 0 Å². The number of benzene rings is 2. The smallest absolute Gasteiger partial charge is 0.413 e. The fraction of sp³-hybridized carbons (Fsp3) is 0.529. The molecule has 45 heavy (non-hydrogen) atoms. The lowest BCUT2D eigenvalue weighted by molar-refractivity contribution is -0.155. The predicted octanol–water partition coefficient (Wildman–Crippen LogP) is 6.85. The Morgan fingerprint density at radius 2 is 1.64 bits per heavy atom. The van der Waals surface area contributed by atoms with Gasteiger partial charge < -0.3 is 19.7 Å². The van der Waals surface area contributed by atoms with Gasteiger partial charge in [-0.1, -0.05) is 18.0 Å². The van der Waals surface area contributed by atoms with Gasteiger partial charge in [-0.25, -0.2) is 4.79 Å². The van der Waals surface area contributed by atoms with Crippen LogP contribution >= 0.6 is 11.6 Å². The molecule has 1 aliphatic heterocycles. The first-order valence-corrected chi connectivity index (χ1v) is 15.8. The van der Waals surface area contributed by atoms with Crippen molar-refractivity contribution in [3.63, 3.8) is 0 Å². The summed E-state index contributed by atoms with van der Waals surface area (Å²) < 4.78 is 10.7. The number of likely N-dealkylation sites (N-methyl/N-ethyl adjacent to an activating group) is 1. The van der Waals surface area contributed by atoms with Crippen LogP contribution in [0.25, 0.3) is 0 Å². The van der Waals surface area contributed by atoms with E-state index < -0.39 is 17.3 Å². The molecule has 0 radical (unpaired) electrons. The first-order chi connectivity index (χ1) is 20.9. The van der Waals surface area contributed by atoms with E-state index in [1.807, 2.05) is 33.9 Å². The van der Waals surface area contributed by atoms with Gasteiger partial charge in [0.25, 0.3) is 5.91 Å². The molecule has 2 aromatic carbocycles. The van der Waals surface area contributed by atoms with E-state index in [1.54, 1.807) is 57.2 Å². The van der Waals surface area contributed by atoms with Crippen LogP contribution in [-0.2, 0) is 14.3 Å². The lowest BCUT2D eigenvalue weighted by Crippen LogP contribution is -2.51. The van der Waals surface area contributed by atoms with Crippen molar-refractivity contribution in [2.24, 2.45) is 0 Å². The van der Waals surface area contributed by atoms with Crippen LogP contribution in [0.15, 0.2) is 42.5 Å². The Morgan fingerprint density at radius 3 is 2.27 bits per heavy atom. The number of hydrogen-bond acceptors (Lipinski definition) is 8. The highest BCUT2D eigenvalue weighted by molar-refractivity contribution is 6.31. The van der Waals surface area contributed by atoms with Crippen LogP contribution in [0.1, 0.15) is 90.1 Å². The van der Waals surface area contributed by atoms with Gasteiger partial charge in [0.1, 0.15) is 17.0 Å². The van der Waals surface area contributed by atoms with Crippen molar-refractivity contribution < 1.29 is 23.9 Å². The van der Waals surface area contributed by atoms with Crippen molar-refractivity contribution in [3.05, 3.63) is 58.6 Å². The van der Waals surface area contributed by atoms with Gasteiger partial charge in [-0.15, -0.1) is 0 Å². The zero-order valence-electron chi connectivity index (χ0n) is 27.8. The number of nitrogens with zero attached hydrogens (tertiary/aromatic N) is 2. The molecule has 11 heteroatoms. The van der Waals surface area contributed by atoms with Gasteiger partial charge in [0, 0.05) is 54.2 Å². The maximum absolute atomic E-state index is 13.5. The van der Waals surface area contributed by atoms with E-state index in [9.17, 15) is 14.4 Å². The van der Waals surface area contributed by atoms with Crippen LogP contribution in [-0.4, -0.2) is 72.1 Å². The summed E-state index contributed by atoms with van der Waals surface area (Å²) in [5.41, 5.74) is 0.957. The molecule has 1 aliphatic rings.